The molecule has 0 aliphatic heterocycles. The number of aliphatic carboxylic acids is 1. The van der Waals surface area contributed by atoms with Crippen LogP contribution in [0.3, 0.4) is 0 Å². The van der Waals surface area contributed by atoms with Crippen molar-refractivity contribution in [1.82, 2.24) is 0 Å². The molecule has 0 heterocycles. The minimum Gasteiger partial charge on any atom is -0.490 e. The van der Waals surface area contributed by atoms with E-state index in [0.717, 1.165) is 37.0 Å². The van der Waals surface area contributed by atoms with Gasteiger partial charge in [-0.15, -0.1) is 0 Å². The van der Waals surface area contributed by atoms with Crippen LogP contribution < -0.4 is 4.74 Å². The molecule has 1 aromatic rings. The first-order chi connectivity index (χ1) is 9.63. The van der Waals surface area contributed by atoms with Gasteiger partial charge in [-0.2, -0.15) is 0 Å². The molecule has 1 N–H and O–H groups in total. The summed E-state index contributed by atoms with van der Waals surface area (Å²) < 4.78 is 6.08. The molecule has 2 aliphatic carbocycles. The van der Waals surface area contributed by atoms with Crippen LogP contribution in [0.25, 0.3) is 0 Å². The Balaban J connectivity index is 1.87. The number of carboxylic acids is 1. The molecule has 0 spiro atoms. The van der Waals surface area contributed by atoms with Crippen LogP contribution in [0.4, 0.5) is 0 Å². The van der Waals surface area contributed by atoms with Crippen LogP contribution in [-0.2, 0) is 4.79 Å². The maximum atomic E-state index is 11.2. The molecule has 0 amide bonds. The van der Waals surface area contributed by atoms with Gasteiger partial charge in [0, 0.05) is 5.92 Å². The van der Waals surface area contributed by atoms with Crippen molar-refractivity contribution < 1.29 is 14.6 Å². The molecule has 3 heteroatoms. The lowest BCUT2D eigenvalue weighted by Gasteiger charge is -2.29. The lowest BCUT2D eigenvalue weighted by molar-refractivity contribution is -0.137. The fraction of sp³-hybridized carbons (Fsp3) is 0.588. The fourth-order valence-electron chi connectivity index (χ4n) is 2.95. The number of rotatable bonds is 6. The minimum absolute atomic E-state index is 0.113. The molecule has 0 radical (unpaired) electrons. The molecule has 2 saturated carbocycles. The van der Waals surface area contributed by atoms with Gasteiger partial charge in [0.15, 0.2) is 0 Å². The largest absolute Gasteiger partial charge is 0.490 e. The predicted octanol–water partition coefficient (Wildman–Crippen LogP) is 3.89. The molecule has 3 rings (SSSR count). The van der Waals surface area contributed by atoms with Gasteiger partial charge < -0.3 is 9.84 Å². The quantitative estimate of drug-likeness (QED) is 0.856. The molecule has 2 aliphatic rings. The van der Waals surface area contributed by atoms with Gasteiger partial charge in [0.2, 0.25) is 0 Å². The van der Waals surface area contributed by atoms with Gasteiger partial charge in [0.05, 0.1) is 12.5 Å². The van der Waals surface area contributed by atoms with Crippen molar-refractivity contribution in [1.29, 1.82) is 0 Å². The Morgan fingerprint density at radius 3 is 2.65 bits per heavy atom. The SMILES string of the molecule is Cc1ccc(OC2CCC2)c(C(CC(=O)O)C2CC2)c1. The number of aryl methyl sites for hydroxylation is 1. The highest BCUT2D eigenvalue weighted by atomic mass is 16.5. The van der Waals surface area contributed by atoms with Gasteiger partial charge in [-0.3, -0.25) is 4.79 Å². The fourth-order valence-corrected chi connectivity index (χ4v) is 2.95. The summed E-state index contributed by atoms with van der Waals surface area (Å²) in [5, 5.41) is 9.18. The lowest BCUT2D eigenvalue weighted by atomic mass is 9.89. The summed E-state index contributed by atoms with van der Waals surface area (Å²) in [6.45, 7) is 2.06. The second-order valence-electron chi connectivity index (χ2n) is 6.25. The third kappa shape index (κ3) is 2.97. The van der Waals surface area contributed by atoms with E-state index in [1.54, 1.807) is 0 Å². The molecule has 1 aromatic carbocycles. The molecule has 20 heavy (non-hydrogen) atoms. The number of benzene rings is 1. The van der Waals surface area contributed by atoms with Crippen molar-refractivity contribution in [2.24, 2.45) is 5.92 Å². The Labute approximate surface area is 120 Å². The van der Waals surface area contributed by atoms with E-state index in [9.17, 15) is 9.90 Å². The van der Waals surface area contributed by atoms with Crippen LogP contribution in [0.15, 0.2) is 18.2 Å². The number of ether oxygens (including phenoxy) is 1. The highest BCUT2D eigenvalue weighted by Crippen LogP contribution is 2.47. The highest BCUT2D eigenvalue weighted by Gasteiger charge is 2.36. The third-order valence-corrected chi connectivity index (χ3v) is 4.50. The molecule has 1 atom stereocenters. The zero-order valence-electron chi connectivity index (χ0n) is 12.0. The molecule has 0 aromatic heterocycles. The second-order valence-corrected chi connectivity index (χ2v) is 6.25. The smallest absolute Gasteiger partial charge is 0.303 e. The summed E-state index contributed by atoms with van der Waals surface area (Å²) in [5.74, 6) is 0.843. The van der Waals surface area contributed by atoms with Crippen LogP contribution in [0.5, 0.6) is 5.75 Å². The Kier molecular flexibility index (Phi) is 3.68. The van der Waals surface area contributed by atoms with Gasteiger partial charge in [0.25, 0.3) is 0 Å². The maximum Gasteiger partial charge on any atom is 0.303 e. The first kappa shape index (κ1) is 13.5. The first-order valence-corrected chi connectivity index (χ1v) is 7.62. The summed E-state index contributed by atoms with van der Waals surface area (Å²) in [6, 6.07) is 6.21. The van der Waals surface area contributed by atoms with Crippen molar-refractivity contribution in [2.75, 3.05) is 0 Å². The van der Waals surface area contributed by atoms with E-state index in [4.69, 9.17) is 4.74 Å². The zero-order valence-corrected chi connectivity index (χ0v) is 12.0. The Hall–Kier alpha value is -1.51. The number of hydrogen-bond donors (Lipinski definition) is 1. The third-order valence-electron chi connectivity index (χ3n) is 4.50. The van der Waals surface area contributed by atoms with E-state index in [1.807, 2.05) is 6.07 Å². The molecular weight excluding hydrogens is 252 g/mol. The van der Waals surface area contributed by atoms with Crippen LogP contribution in [0, 0.1) is 12.8 Å². The molecule has 2 fully saturated rings. The van der Waals surface area contributed by atoms with Gasteiger partial charge in [-0.25, -0.2) is 0 Å². The van der Waals surface area contributed by atoms with E-state index in [0.29, 0.717) is 12.0 Å². The van der Waals surface area contributed by atoms with E-state index >= 15 is 0 Å². The molecule has 0 saturated heterocycles. The lowest BCUT2D eigenvalue weighted by Crippen LogP contribution is -2.25. The first-order valence-electron chi connectivity index (χ1n) is 7.62. The Bertz CT molecular complexity index is 501. The van der Waals surface area contributed by atoms with E-state index in [1.165, 1.54) is 12.0 Å². The van der Waals surface area contributed by atoms with E-state index in [-0.39, 0.29) is 12.3 Å². The summed E-state index contributed by atoms with van der Waals surface area (Å²) in [7, 11) is 0. The number of carboxylic acid groups (broad SMARTS) is 1. The Morgan fingerprint density at radius 2 is 2.10 bits per heavy atom. The van der Waals surface area contributed by atoms with Crippen LogP contribution in [0.2, 0.25) is 0 Å². The standard InChI is InChI=1S/C17H22O3/c1-11-5-8-16(20-13-3-2-4-13)15(9-11)14(10-17(18)19)12-6-7-12/h5,8-9,12-14H,2-4,6-7,10H2,1H3,(H,18,19). The van der Waals surface area contributed by atoms with Gasteiger partial charge in [-0.1, -0.05) is 17.7 Å². The molecule has 3 nitrogen and oxygen atoms in total. The van der Waals surface area contributed by atoms with Crippen molar-refractivity contribution >= 4 is 5.97 Å². The van der Waals surface area contributed by atoms with Crippen molar-refractivity contribution in [3.63, 3.8) is 0 Å². The molecule has 1 unspecified atom stereocenters. The Morgan fingerprint density at radius 1 is 1.35 bits per heavy atom. The van der Waals surface area contributed by atoms with Crippen molar-refractivity contribution in [3.05, 3.63) is 29.3 Å². The topological polar surface area (TPSA) is 46.5 Å². The van der Waals surface area contributed by atoms with E-state index in [2.05, 4.69) is 19.1 Å². The van der Waals surface area contributed by atoms with E-state index < -0.39 is 5.97 Å². The van der Waals surface area contributed by atoms with Crippen LogP contribution >= 0.6 is 0 Å². The zero-order chi connectivity index (χ0) is 14.1. The average molecular weight is 274 g/mol. The van der Waals surface area contributed by atoms with Gasteiger partial charge >= 0.3 is 5.97 Å². The maximum absolute atomic E-state index is 11.2. The van der Waals surface area contributed by atoms with Crippen molar-refractivity contribution in [3.8, 4) is 5.75 Å². The predicted molar refractivity (Wildman–Crippen MR) is 77.2 cm³/mol. The molecular formula is C17H22O3. The average Bonchev–Trinajstić information content (AvgIpc) is 3.16. The summed E-state index contributed by atoms with van der Waals surface area (Å²) in [5.41, 5.74) is 2.29. The minimum atomic E-state index is -0.710. The molecule has 108 valence electrons. The monoisotopic (exact) mass is 274 g/mol. The van der Waals surface area contributed by atoms with Crippen LogP contribution in [0.1, 0.15) is 55.6 Å². The summed E-state index contributed by atoms with van der Waals surface area (Å²) in [4.78, 5) is 11.2. The normalized spacial score (nSPS) is 20.2. The molecule has 0 bridgehead atoms. The summed E-state index contributed by atoms with van der Waals surface area (Å²) in [6.07, 6.45) is 6.34. The second kappa shape index (κ2) is 5.47. The van der Waals surface area contributed by atoms with Crippen LogP contribution in [-0.4, -0.2) is 17.2 Å². The van der Waals surface area contributed by atoms with Gasteiger partial charge in [0.1, 0.15) is 5.75 Å². The van der Waals surface area contributed by atoms with Crippen molar-refractivity contribution in [2.45, 2.75) is 57.5 Å². The summed E-state index contributed by atoms with van der Waals surface area (Å²) >= 11 is 0. The number of carbonyl (C=O) groups is 1. The van der Waals surface area contributed by atoms with Gasteiger partial charge in [-0.05, 0) is 56.6 Å². The highest BCUT2D eigenvalue weighted by molar-refractivity contribution is 5.68. The number of hydrogen-bond acceptors (Lipinski definition) is 2.